The lowest BCUT2D eigenvalue weighted by Gasteiger charge is -2.28. The lowest BCUT2D eigenvalue weighted by molar-refractivity contribution is -0.131. The molecule has 0 atom stereocenters. The standard InChI is InChI=1S/C10H19N3O.2ClH/c14-10(13-5-1-2-6-13)9-12-7-3-11-4-8-12;;/h11H,1-9H2;2*1H. The van der Waals surface area contributed by atoms with Crippen LogP contribution in [0.3, 0.4) is 0 Å². The third-order valence-corrected chi connectivity index (χ3v) is 3.03. The summed E-state index contributed by atoms with van der Waals surface area (Å²) in [6.07, 6.45) is 2.38. The first-order valence-electron chi connectivity index (χ1n) is 5.57. The normalized spacial score (nSPS) is 21.1. The zero-order valence-corrected chi connectivity index (χ0v) is 11.1. The highest BCUT2D eigenvalue weighted by molar-refractivity contribution is 5.85. The molecular weight excluding hydrogens is 249 g/mol. The highest BCUT2D eigenvalue weighted by atomic mass is 35.5. The molecule has 4 nitrogen and oxygen atoms in total. The summed E-state index contributed by atoms with van der Waals surface area (Å²) in [5.41, 5.74) is 0. The molecule has 0 spiro atoms. The highest BCUT2D eigenvalue weighted by Crippen LogP contribution is 2.08. The number of halogens is 2. The van der Waals surface area contributed by atoms with E-state index in [-0.39, 0.29) is 24.8 Å². The third kappa shape index (κ3) is 4.45. The van der Waals surface area contributed by atoms with Gasteiger partial charge in [-0.2, -0.15) is 0 Å². The smallest absolute Gasteiger partial charge is 0.236 e. The maximum absolute atomic E-state index is 11.8. The number of hydrogen-bond donors (Lipinski definition) is 1. The van der Waals surface area contributed by atoms with Gasteiger partial charge in [0.2, 0.25) is 5.91 Å². The Bertz CT molecular complexity index is 204. The van der Waals surface area contributed by atoms with Gasteiger partial charge >= 0.3 is 0 Å². The minimum atomic E-state index is 0. The van der Waals surface area contributed by atoms with Gasteiger partial charge in [-0.15, -0.1) is 24.8 Å². The molecule has 2 aliphatic rings. The molecule has 1 amide bonds. The van der Waals surface area contributed by atoms with Crippen molar-refractivity contribution in [3.8, 4) is 0 Å². The van der Waals surface area contributed by atoms with Gasteiger partial charge in [0.25, 0.3) is 0 Å². The third-order valence-electron chi connectivity index (χ3n) is 3.03. The maximum Gasteiger partial charge on any atom is 0.236 e. The fraction of sp³-hybridized carbons (Fsp3) is 0.900. The van der Waals surface area contributed by atoms with Crippen LogP contribution in [0.5, 0.6) is 0 Å². The van der Waals surface area contributed by atoms with E-state index in [1.54, 1.807) is 0 Å². The molecule has 2 rings (SSSR count). The highest BCUT2D eigenvalue weighted by Gasteiger charge is 2.20. The first kappa shape index (κ1) is 16.0. The topological polar surface area (TPSA) is 35.6 Å². The molecule has 1 N–H and O–H groups in total. The van der Waals surface area contributed by atoms with Crippen LogP contribution < -0.4 is 5.32 Å². The molecule has 0 aliphatic carbocycles. The molecule has 0 unspecified atom stereocenters. The Morgan fingerprint density at radius 3 is 2.12 bits per heavy atom. The van der Waals surface area contributed by atoms with Crippen molar-refractivity contribution in [3.63, 3.8) is 0 Å². The Morgan fingerprint density at radius 1 is 1.00 bits per heavy atom. The second kappa shape index (κ2) is 8.12. The van der Waals surface area contributed by atoms with Crippen LogP contribution in [0.25, 0.3) is 0 Å². The molecule has 96 valence electrons. The van der Waals surface area contributed by atoms with Crippen LogP contribution >= 0.6 is 24.8 Å². The summed E-state index contributed by atoms with van der Waals surface area (Å²) in [6.45, 7) is 6.65. The summed E-state index contributed by atoms with van der Waals surface area (Å²) >= 11 is 0. The van der Waals surface area contributed by atoms with Crippen molar-refractivity contribution in [3.05, 3.63) is 0 Å². The van der Waals surface area contributed by atoms with Crippen molar-refractivity contribution in [1.82, 2.24) is 15.1 Å². The summed E-state index contributed by atoms with van der Waals surface area (Å²) in [7, 11) is 0. The van der Waals surface area contributed by atoms with Crippen molar-refractivity contribution in [1.29, 1.82) is 0 Å². The van der Waals surface area contributed by atoms with Gasteiger partial charge < -0.3 is 10.2 Å². The largest absolute Gasteiger partial charge is 0.342 e. The number of hydrogen-bond acceptors (Lipinski definition) is 3. The Balaban J connectivity index is 0.00000112. The van der Waals surface area contributed by atoms with Gasteiger partial charge in [0.15, 0.2) is 0 Å². The lowest BCUT2D eigenvalue weighted by Crippen LogP contribution is -2.48. The predicted molar refractivity (Wildman–Crippen MR) is 69.6 cm³/mol. The number of carbonyl (C=O) groups excluding carboxylic acids is 1. The molecule has 0 aromatic heterocycles. The number of nitrogens with one attached hydrogen (secondary N) is 1. The zero-order valence-electron chi connectivity index (χ0n) is 9.48. The van der Waals surface area contributed by atoms with Crippen molar-refractivity contribution in [2.75, 3.05) is 45.8 Å². The minimum absolute atomic E-state index is 0. The number of carbonyl (C=O) groups is 1. The molecule has 2 aliphatic heterocycles. The molecule has 0 saturated carbocycles. The first-order chi connectivity index (χ1) is 6.86. The van der Waals surface area contributed by atoms with Gasteiger partial charge in [-0.25, -0.2) is 0 Å². The Labute approximate surface area is 110 Å². The van der Waals surface area contributed by atoms with E-state index in [9.17, 15) is 4.79 Å². The van der Waals surface area contributed by atoms with Crippen molar-refractivity contribution in [2.45, 2.75) is 12.8 Å². The Kier molecular flexibility index (Phi) is 8.10. The second-order valence-corrected chi connectivity index (χ2v) is 4.11. The average Bonchev–Trinajstić information content (AvgIpc) is 2.72. The first-order valence-corrected chi connectivity index (χ1v) is 5.57. The number of rotatable bonds is 2. The maximum atomic E-state index is 11.8. The van der Waals surface area contributed by atoms with Gasteiger partial charge in [-0.05, 0) is 12.8 Å². The van der Waals surface area contributed by atoms with E-state index in [1.165, 1.54) is 12.8 Å². The Morgan fingerprint density at radius 2 is 1.56 bits per heavy atom. The van der Waals surface area contributed by atoms with E-state index in [0.29, 0.717) is 12.5 Å². The van der Waals surface area contributed by atoms with Crippen LogP contribution in [0.2, 0.25) is 0 Å². The monoisotopic (exact) mass is 269 g/mol. The van der Waals surface area contributed by atoms with Crippen LogP contribution in [-0.4, -0.2) is 61.5 Å². The molecule has 2 fully saturated rings. The molecule has 0 aromatic rings. The van der Waals surface area contributed by atoms with E-state index < -0.39 is 0 Å². The van der Waals surface area contributed by atoms with Gasteiger partial charge in [0.05, 0.1) is 6.54 Å². The molecule has 0 bridgehead atoms. The van der Waals surface area contributed by atoms with E-state index in [0.717, 1.165) is 39.3 Å². The van der Waals surface area contributed by atoms with Crippen LogP contribution in [0.15, 0.2) is 0 Å². The van der Waals surface area contributed by atoms with E-state index >= 15 is 0 Å². The summed E-state index contributed by atoms with van der Waals surface area (Å²) in [4.78, 5) is 16.0. The van der Waals surface area contributed by atoms with Crippen molar-refractivity contribution < 1.29 is 4.79 Å². The fourth-order valence-corrected chi connectivity index (χ4v) is 2.13. The SMILES string of the molecule is Cl.Cl.O=C(CN1CCNCC1)N1CCCC1. The van der Waals surface area contributed by atoms with Crippen molar-refractivity contribution >= 4 is 30.7 Å². The average molecular weight is 270 g/mol. The number of likely N-dealkylation sites (tertiary alicyclic amines) is 1. The van der Waals surface area contributed by atoms with Gasteiger partial charge in [0, 0.05) is 39.3 Å². The summed E-state index contributed by atoms with van der Waals surface area (Å²) < 4.78 is 0. The van der Waals surface area contributed by atoms with Gasteiger partial charge in [-0.1, -0.05) is 0 Å². The summed E-state index contributed by atoms with van der Waals surface area (Å²) in [6, 6.07) is 0. The lowest BCUT2D eigenvalue weighted by atomic mass is 10.3. The van der Waals surface area contributed by atoms with Gasteiger partial charge in [0.1, 0.15) is 0 Å². The van der Waals surface area contributed by atoms with Crippen LogP contribution in [-0.2, 0) is 4.79 Å². The van der Waals surface area contributed by atoms with E-state index in [2.05, 4.69) is 10.2 Å². The second-order valence-electron chi connectivity index (χ2n) is 4.11. The number of amides is 1. The fourth-order valence-electron chi connectivity index (χ4n) is 2.13. The quantitative estimate of drug-likeness (QED) is 0.787. The van der Waals surface area contributed by atoms with Gasteiger partial charge in [-0.3, -0.25) is 9.69 Å². The molecule has 0 radical (unpaired) electrons. The number of piperazine rings is 1. The predicted octanol–water partition coefficient (Wildman–Crippen LogP) is 0.358. The minimum Gasteiger partial charge on any atom is -0.342 e. The molecule has 6 heteroatoms. The van der Waals surface area contributed by atoms with E-state index in [1.807, 2.05) is 4.90 Å². The number of nitrogens with zero attached hydrogens (tertiary/aromatic N) is 2. The van der Waals surface area contributed by atoms with Crippen LogP contribution in [0.1, 0.15) is 12.8 Å². The molecule has 0 aromatic carbocycles. The van der Waals surface area contributed by atoms with Crippen molar-refractivity contribution in [2.24, 2.45) is 0 Å². The molecule has 2 saturated heterocycles. The molecule has 16 heavy (non-hydrogen) atoms. The summed E-state index contributed by atoms with van der Waals surface area (Å²) in [5, 5.41) is 3.29. The molecule has 2 heterocycles. The van der Waals surface area contributed by atoms with E-state index in [4.69, 9.17) is 0 Å². The van der Waals surface area contributed by atoms with Crippen LogP contribution in [0.4, 0.5) is 0 Å². The zero-order chi connectivity index (χ0) is 9.80. The van der Waals surface area contributed by atoms with Crippen LogP contribution in [0, 0.1) is 0 Å². The molecular formula is C10H21Cl2N3O. The summed E-state index contributed by atoms with van der Waals surface area (Å²) in [5.74, 6) is 0.324. The Hall–Kier alpha value is -0.0300.